The molecule has 2 rings (SSSR count). The van der Waals surface area contributed by atoms with E-state index in [2.05, 4.69) is 4.98 Å². The fourth-order valence-corrected chi connectivity index (χ4v) is 2.81. The molecule has 1 heterocycles. The van der Waals surface area contributed by atoms with Crippen LogP contribution >= 0.6 is 11.3 Å². The van der Waals surface area contributed by atoms with E-state index in [-0.39, 0.29) is 18.6 Å². The summed E-state index contributed by atoms with van der Waals surface area (Å²) in [7, 11) is 0. The van der Waals surface area contributed by atoms with Crippen LogP contribution in [0.4, 0.5) is 8.78 Å². The van der Waals surface area contributed by atoms with Gasteiger partial charge in [0, 0.05) is 23.5 Å². The summed E-state index contributed by atoms with van der Waals surface area (Å²) < 4.78 is 27.8. The van der Waals surface area contributed by atoms with Gasteiger partial charge < -0.3 is 5.11 Å². The van der Waals surface area contributed by atoms with E-state index in [1.165, 1.54) is 17.4 Å². The number of hydrogen-bond acceptors (Lipinski definition) is 4. The first kappa shape index (κ1) is 14.6. The van der Waals surface area contributed by atoms with E-state index in [1.807, 2.05) is 6.07 Å². The molecule has 0 spiro atoms. The van der Waals surface area contributed by atoms with E-state index >= 15 is 0 Å². The van der Waals surface area contributed by atoms with Crippen LogP contribution in [0.2, 0.25) is 0 Å². The van der Waals surface area contributed by atoms with Crippen molar-refractivity contribution in [2.24, 2.45) is 0 Å². The van der Waals surface area contributed by atoms with Gasteiger partial charge in [0.2, 0.25) is 0 Å². The molecule has 104 valence electrons. The van der Waals surface area contributed by atoms with E-state index in [0.29, 0.717) is 5.69 Å². The van der Waals surface area contributed by atoms with Crippen molar-refractivity contribution in [2.75, 3.05) is 6.61 Å². The van der Waals surface area contributed by atoms with Gasteiger partial charge >= 0.3 is 0 Å². The molecule has 1 aromatic carbocycles. The molecule has 1 N–H and O–H groups in total. The van der Waals surface area contributed by atoms with Gasteiger partial charge in [-0.1, -0.05) is 6.07 Å². The highest BCUT2D eigenvalue weighted by molar-refractivity contribution is 7.07. The largest absolute Gasteiger partial charge is 0.396 e. The van der Waals surface area contributed by atoms with Crippen LogP contribution in [0.15, 0.2) is 29.1 Å². The summed E-state index contributed by atoms with van der Waals surface area (Å²) >= 11 is 1.31. The minimum absolute atomic E-state index is 0.0909. The number of benzene rings is 1. The normalized spacial score (nSPS) is 13.7. The van der Waals surface area contributed by atoms with Gasteiger partial charge in [-0.25, -0.2) is 13.8 Å². The lowest BCUT2D eigenvalue weighted by Gasteiger charge is -2.21. The molecule has 0 saturated heterocycles. The molecule has 0 amide bonds. The Balaban J connectivity index is 2.48. The Morgan fingerprint density at radius 1 is 1.35 bits per heavy atom. The zero-order valence-electron chi connectivity index (χ0n) is 10.5. The monoisotopic (exact) mass is 294 g/mol. The van der Waals surface area contributed by atoms with Crippen molar-refractivity contribution in [2.45, 2.75) is 18.3 Å². The summed E-state index contributed by atoms with van der Waals surface area (Å²) in [5, 5.41) is 20.2. The molecule has 0 fully saturated rings. The summed E-state index contributed by atoms with van der Waals surface area (Å²) in [5.41, 5.74) is 1.87. The maximum absolute atomic E-state index is 13.9. The first-order valence-electron chi connectivity index (χ1n) is 6.01. The van der Waals surface area contributed by atoms with Crippen molar-refractivity contribution in [1.29, 1.82) is 5.26 Å². The number of aliphatic hydroxyl groups is 1. The van der Waals surface area contributed by atoms with Gasteiger partial charge in [-0.2, -0.15) is 5.26 Å². The zero-order valence-corrected chi connectivity index (χ0v) is 11.3. The van der Waals surface area contributed by atoms with E-state index < -0.39 is 23.5 Å². The van der Waals surface area contributed by atoms with Crippen molar-refractivity contribution in [3.63, 3.8) is 0 Å². The van der Waals surface area contributed by atoms with Crippen LogP contribution in [-0.2, 0) is 0 Å². The molecule has 0 saturated carbocycles. The van der Waals surface area contributed by atoms with Gasteiger partial charge in [-0.3, -0.25) is 0 Å². The highest BCUT2D eigenvalue weighted by atomic mass is 32.1. The Morgan fingerprint density at radius 3 is 2.55 bits per heavy atom. The van der Waals surface area contributed by atoms with Crippen LogP contribution in [-0.4, -0.2) is 16.7 Å². The first-order chi connectivity index (χ1) is 9.69. The molecule has 0 aliphatic rings. The van der Waals surface area contributed by atoms with E-state index in [1.54, 1.807) is 10.9 Å². The molecule has 0 radical (unpaired) electrons. The predicted octanol–water partition coefficient (Wildman–Crippen LogP) is 3.19. The second-order valence-corrected chi connectivity index (χ2v) is 4.99. The van der Waals surface area contributed by atoms with Crippen molar-refractivity contribution >= 4 is 11.3 Å². The Morgan fingerprint density at radius 2 is 2.05 bits per heavy atom. The van der Waals surface area contributed by atoms with Crippen LogP contribution in [0.25, 0.3) is 0 Å². The topological polar surface area (TPSA) is 56.9 Å². The third-order valence-corrected chi connectivity index (χ3v) is 3.73. The number of nitriles is 1. The van der Waals surface area contributed by atoms with Crippen LogP contribution in [0.3, 0.4) is 0 Å². The van der Waals surface area contributed by atoms with Gasteiger partial charge in [-0.15, -0.1) is 11.3 Å². The van der Waals surface area contributed by atoms with Crippen molar-refractivity contribution in [3.05, 3.63) is 52.0 Å². The Labute approximate surface area is 119 Å². The SMILES string of the molecule is N#C[C@H](c1cscn1)[C@@H](CCO)c1c(F)cccc1F. The third kappa shape index (κ3) is 2.84. The Kier molecular flexibility index (Phi) is 4.77. The maximum atomic E-state index is 13.9. The lowest BCUT2D eigenvalue weighted by atomic mass is 9.82. The number of nitrogens with zero attached hydrogens (tertiary/aromatic N) is 2. The molecule has 2 aromatic rings. The maximum Gasteiger partial charge on any atom is 0.129 e. The van der Waals surface area contributed by atoms with Crippen molar-refractivity contribution in [3.8, 4) is 6.07 Å². The lowest BCUT2D eigenvalue weighted by molar-refractivity contribution is 0.268. The smallest absolute Gasteiger partial charge is 0.129 e. The average molecular weight is 294 g/mol. The number of rotatable bonds is 5. The molecular weight excluding hydrogens is 282 g/mol. The minimum Gasteiger partial charge on any atom is -0.396 e. The van der Waals surface area contributed by atoms with Crippen LogP contribution < -0.4 is 0 Å². The highest BCUT2D eigenvalue weighted by Crippen LogP contribution is 2.37. The summed E-state index contributed by atoms with van der Waals surface area (Å²) in [4.78, 5) is 4.04. The van der Waals surface area contributed by atoms with Gasteiger partial charge in [0.1, 0.15) is 11.6 Å². The molecule has 20 heavy (non-hydrogen) atoms. The van der Waals surface area contributed by atoms with Gasteiger partial charge in [0.15, 0.2) is 0 Å². The number of aromatic nitrogens is 1. The quantitative estimate of drug-likeness (QED) is 0.921. The highest BCUT2D eigenvalue weighted by Gasteiger charge is 2.30. The molecule has 3 nitrogen and oxygen atoms in total. The third-order valence-electron chi connectivity index (χ3n) is 3.12. The molecule has 0 aliphatic heterocycles. The first-order valence-corrected chi connectivity index (χ1v) is 6.95. The standard InChI is InChI=1S/C14H12F2N2OS/c15-11-2-1-3-12(16)14(11)9(4-5-19)10(6-17)13-7-20-8-18-13/h1-3,7-10,19H,4-5H2/t9-,10+/m1/s1. The number of halogens is 2. The summed E-state index contributed by atoms with van der Waals surface area (Å²) in [6, 6.07) is 5.62. The fraction of sp³-hybridized carbons (Fsp3) is 0.286. The van der Waals surface area contributed by atoms with Crippen LogP contribution in [0.1, 0.15) is 29.5 Å². The van der Waals surface area contributed by atoms with Crippen LogP contribution in [0, 0.1) is 23.0 Å². The second kappa shape index (κ2) is 6.55. The average Bonchev–Trinajstić information content (AvgIpc) is 2.93. The van der Waals surface area contributed by atoms with Gasteiger partial charge in [0.05, 0.1) is 23.2 Å². The van der Waals surface area contributed by atoms with Gasteiger partial charge in [-0.05, 0) is 18.6 Å². The molecule has 2 atom stereocenters. The Hall–Kier alpha value is -1.84. The lowest BCUT2D eigenvalue weighted by Crippen LogP contribution is -2.15. The van der Waals surface area contributed by atoms with E-state index in [0.717, 1.165) is 12.1 Å². The molecular formula is C14H12F2N2OS. The van der Waals surface area contributed by atoms with Crippen LogP contribution in [0.5, 0.6) is 0 Å². The number of thiazole rings is 1. The summed E-state index contributed by atoms with van der Waals surface area (Å²) in [6.45, 7) is -0.263. The van der Waals surface area contributed by atoms with Gasteiger partial charge in [0.25, 0.3) is 0 Å². The number of hydrogen-bond donors (Lipinski definition) is 1. The van der Waals surface area contributed by atoms with E-state index in [4.69, 9.17) is 5.11 Å². The van der Waals surface area contributed by atoms with E-state index in [9.17, 15) is 14.0 Å². The van der Waals surface area contributed by atoms with Crippen molar-refractivity contribution in [1.82, 2.24) is 4.98 Å². The number of aliphatic hydroxyl groups excluding tert-OH is 1. The van der Waals surface area contributed by atoms with Crippen molar-refractivity contribution < 1.29 is 13.9 Å². The molecule has 6 heteroatoms. The summed E-state index contributed by atoms with van der Waals surface area (Å²) in [6.07, 6.45) is 0.0909. The fourth-order valence-electron chi connectivity index (χ4n) is 2.22. The molecule has 0 aliphatic carbocycles. The molecule has 1 aromatic heterocycles. The molecule has 0 unspecified atom stereocenters. The summed E-state index contributed by atoms with van der Waals surface area (Å²) in [5.74, 6) is -2.98. The molecule has 0 bridgehead atoms. The predicted molar refractivity (Wildman–Crippen MR) is 71.3 cm³/mol. The zero-order chi connectivity index (χ0) is 14.5. The minimum atomic E-state index is -0.792. The second-order valence-electron chi connectivity index (χ2n) is 4.27. The Bertz CT molecular complexity index is 590.